The van der Waals surface area contributed by atoms with E-state index in [1.54, 1.807) is 31.2 Å². The molecule has 1 N–H and O–H groups in total. The lowest BCUT2D eigenvalue weighted by Crippen LogP contribution is -2.53. The molecular formula is C11H11ClN4O2. The zero-order valence-corrected chi connectivity index (χ0v) is 10.6. The number of amides is 1. The van der Waals surface area contributed by atoms with Gasteiger partial charge in [0.25, 0.3) is 5.91 Å². The van der Waals surface area contributed by atoms with Crippen LogP contribution in [-0.2, 0) is 4.79 Å². The van der Waals surface area contributed by atoms with Gasteiger partial charge in [0.2, 0.25) is 0 Å². The summed E-state index contributed by atoms with van der Waals surface area (Å²) in [5, 5.41) is 8.36. The standard InChI is InChI=1S/C11H11ClN4O2/c1-11(14-15-18)9(13-16(2)10(11)17)7-5-3-4-6-8(7)12/h3-6H,1-2H3,(H,14,18). The van der Waals surface area contributed by atoms with Crippen LogP contribution in [0.4, 0.5) is 0 Å². The summed E-state index contributed by atoms with van der Waals surface area (Å²) in [5.74, 6) is -0.364. The van der Waals surface area contributed by atoms with Crippen LogP contribution >= 0.6 is 11.6 Å². The molecule has 0 radical (unpaired) electrons. The Hall–Kier alpha value is -1.95. The van der Waals surface area contributed by atoms with Gasteiger partial charge in [0, 0.05) is 17.6 Å². The summed E-state index contributed by atoms with van der Waals surface area (Å²) in [4.78, 5) is 22.5. The number of nitrogens with one attached hydrogen (secondary N) is 1. The van der Waals surface area contributed by atoms with Crippen molar-refractivity contribution in [2.45, 2.75) is 12.5 Å². The van der Waals surface area contributed by atoms with Crippen molar-refractivity contribution in [2.24, 2.45) is 10.4 Å². The third-order valence-electron chi connectivity index (χ3n) is 2.84. The van der Waals surface area contributed by atoms with Crippen LogP contribution in [0.15, 0.2) is 34.7 Å². The molecule has 18 heavy (non-hydrogen) atoms. The van der Waals surface area contributed by atoms with Gasteiger partial charge in [-0.3, -0.25) is 10.2 Å². The maximum Gasteiger partial charge on any atom is 0.275 e. The molecule has 0 saturated heterocycles. The fraction of sp³-hybridized carbons (Fsp3) is 0.273. The molecule has 1 aliphatic rings. The molecule has 1 aromatic carbocycles. The van der Waals surface area contributed by atoms with Crippen molar-refractivity contribution in [3.8, 4) is 0 Å². The van der Waals surface area contributed by atoms with E-state index in [4.69, 9.17) is 11.6 Å². The largest absolute Gasteiger partial charge is 0.275 e. The summed E-state index contributed by atoms with van der Waals surface area (Å²) >= 11 is 6.08. The Morgan fingerprint density at radius 1 is 1.44 bits per heavy atom. The molecule has 2 rings (SSSR count). The van der Waals surface area contributed by atoms with Crippen LogP contribution in [0.5, 0.6) is 0 Å². The molecule has 0 aliphatic carbocycles. The van der Waals surface area contributed by atoms with Gasteiger partial charge in [-0.15, -0.1) is 4.91 Å². The first-order valence-corrected chi connectivity index (χ1v) is 5.60. The van der Waals surface area contributed by atoms with E-state index in [0.29, 0.717) is 16.3 Å². The van der Waals surface area contributed by atoms with Crippen LogP contribution in [-0.4, -0.2) is 29.2 Å². The van der Waals surface area contributed by atoms with E-state index in [0.717, 1.165) is 5.01 Å². The molecule has 7 heteroatoms. The zero-order valence-electron chi connectivity index (χ0n) is 9.85. The number of nitroso groups, excluding NO2 is 1. The van der Waals surface area contributed by atoms with E-state index >= 15 is 0 Å². The molecule has 1 unspecified atom stereocenters. The van der Waals surface area contributed by atoms with Gasteiger partial charge in [0.15, 0.2) is 5.54 Å². The van der Waals surface area contributed by atoms with Gasteiger partial charge < -0.3 is 0 Å². The lowest BCUT2D eigenvalue weighted by molar-refractivity contribution is -0.132. The van der Waals surface area contributed by atoms with Crippen molar-refractivity contribution in [2.75, 3.05) is 7.05 Å². The lowest BCUT2D eigenvalue weighted by Gasteiger charge is -2.22. The highest BCUT2D eigenvalue weighted by atomic mass is 35.5. The van der Waals surface area contributed by atoms with Crippen molar-refractivity contribution in [1.82, 2.24) is 10.4 Å². The van der Waals surface area contributed by atoms with Gasteiger partial charge in [-0.1, -0.05) is 29.8 Å². The number of carbonyl (C=O) groups is 1. The summed E-state index contributed by atoms with van der Waals surface area (Å²) in [5.41, 5.74) is 1.94. The van der Waals surface area contributed by atoms with Crippen LogP contribution < -0.4 is 5.43 Å². The van der Waals surface area contributed by atoms with Gasteiger partial charge in [0.1, 0.15) is 5.71 Å². The molecule has 1 heterocycles. The molecule has 0 bridgehead atoms. The SMILES string of the molecule is CN1N=C(c2ccccc2Cl)C(C)(NN=O)C1=O. The predicted molar refractivity (Wildman–Crippen MR) is 68.1 cm³/mol. The Balaban J connectivity index is 2.55. The van der Waals surface area contributed by atoms with Crippen molar-refractivity contribution >= 4 is 23.2 Å². The first kappa shape index (κ1) is 12.5. The number of hydrogen-bond donors (Lipinski definition) is 1. The number of halogens is 1. The topological polar surface area (TPSA) is 74.1 Å². The van der Waals surface area contributed by atoms with Crippen LogP contribution in [0.3, 0.4) is 0 Å². The molecule has 0 fully saturated rings. The number of nitrogens with zero attached hydrogens (tertiary/aromatic N) is 3. The third kappa shape index (κ3) is 1.74. The Kier molecular flexibility index (Phi) is 3.04. The van der Waals surface area contributed by atoms with E-state index in [-0.39, 0.29) is 5.91 Å². The minimum atomic E-state index is -1.29. The minimum absolute atomic E-state index is 0.364. The van der Waals surface area contributed by atoms with Crippen LogP contribution in [0, 0.1) is 4.91 Å². The number of hydrogen-bond acceptors (Lipinski definition) is 4. The van der Waals surface area contributed by atoms with Gasteiger partial charge >= 0.3 is 0 Å². The molecule has 1 amide bonds. The second-order valence-corrected chi connectivity index (χ2v) is 4.49. The van der Waals surface area contributed by atoms with Crippen LogP contribution in [0.2, 0.25) is 5.02 Å². The Labute approximate surface area is 109 Å². The molecule has 94 valence electrons. The van der Waals surface area contributed by atoms with E-state index in [9.17, 15) is 9.70 Å². The number of likely N-dealkylation sites (N-methyl/N-ethyl adjacent to an activating group) is 1. The smallest absolute Gasteiger partial charge is 0.270 e. The Morgan fingerprint density at radius 3 is 2.72 bits per heavy atom. The molecule has 0 saturated carbocycles. The molecule has 1 aromatic rings. The Morgan fingerprint density at radius 2 is 2.11 bits per heavy atom. The molecule has 0 spiro atoms. The van der Waals surface area contributed by atoms with Gasteiger partial charge in [-0.2, -0.15) is 5.10 Å². The second kappa shape index (κ2) is 4.38. The highest BCUT2D eigenvalue weighted by Gasteiger charge is 2.47. The highest BCUT2D eigenvalue weighted by molar-refractivity contribution is 6.36. The Bertz CT molecular complexity index is 546. The minimum Gasteiger partial charge on any atom is -0.270 e. The van der Waals surface area contributed by atoms with E-state index in [1.807, 2.05) is 0 Å². The quantitative estimate of drug-likeness (QED) is 0.666. The molecule has 1 atom stereocenters. The fourth-order valence-corrected chi connectivity index (χ4v) is 2.11. The molecule has 6 nitrogen and oxygen atoms in total. The number of benzene rings is 1. The van der Waals surface area contributed by atoms with Crippen LogP contribution in [0.25, 0.3) is 0 Å². The normalized spacial score (nSPS) is 22.9. The van der Waals surface area contributed by atoms with Gasteiger partial charge in [-0.05, 0) is 13.0 Å². The predicted octanol–water partition coefficient (Wildman–Crippen LogP) is 1.55. The fourth-order valence-electron chi connectivity index (χ4n) is 1.89. The van der Waals surface area contributed by atoms with Crippen molar-refractivity contribution in [1.29, 1.82) is 0 Å². The maximum absolute atomic E-state index is 12.0. The van der Waals surface area contributed by atoms with Gasteiger partial charge in [-0.25, -0.2) is 5.01 Å². The van der Waals surface area contributed by atoms with E-state index in [2.05, 4.69) is 15.8 Å². The van der Waals surface area contributed by atoms with Crippen molar-refractivity contribution in [3.05, 3.63) is 39.8 Å². The van der Waals surface area contributed by atoms with E-state index < -0.39 is 5.54 Å². The summed E-state index contributed by atoms with van der Waals surface area (Å²) in [6, 6.07) is 6.98. The second-order valence-electron chi connectivity index (χ2n) is 4.09. The average Bonchev–Trinajstić information content (AvgIpc) is 2.55. The maximum atomic E-state index is 12.0. The molecular weight excluding hydrogens is 256 g/mol. The number of hydrazone groups is 1. The van der Waals surface area contributed by atoms with Gasteiger partial charge in [0.05, 0.1) is 5.29 Å². The number of carbonyl (C=O) groups excluding carboxylic acids is 1. The summed E-state index contributed by atoms with van der Waals surface area (Å²) in [6.45, 7) is 1.54. The highest BCUT2D eigenvalue weighted by Crippen LogP contribution is 2.27. The summed E-state index contributed by atoms with van der Waals surface area (Å²) < 4.78 is 0. The monoisotopic (exact) mass is 266 g/mol. The van der Waals surface area contributed by atoms with E-state index in [1.165, 1.54) is 7.05 Å². The van der Waals surface area contributed by atoms with Crippen molar-refractivity contribution < 1.29 is 4.79 Å². The first-order chi connectivity index (χ1) is 8.50. The molecule has 1 aliphatic heterocycles. The van der Waals surface area contributed by atoms with Crippen molar-refractivity contribution in [3.63, 3.8) is 0 Å². The lowest BCUT2D eigenvalue weighted by atomic mass is 9.91. The summed E-state index contributed by atoms with van der Waals surface area (Å²) in [6.07, 6.45) is 0. The first-order valence-electron chi connectivity index (χ1n) is 5.22. The number of rotatable bonds is 3. The third-order valence-corrected chi connectivity index (χ3v) is 3.17. The zero-order chi connectivity index (χ0) is 13.3. The average molecular weight is 267 g/mol. The summed E-state index contributed by atoms with van der Waals surface area (Å²) in [7, 11) is 1.51. The molecule has 0 aromatic heterocycles. The van der Waals surface area contributed by atoms with Crippen LogP contribution in [0.1, 0.15) is 12.5 Å².